The molecule has 3 atom stereocenters. The van der Waals surface area contributed by atoms with Gasteiger partial charge in [-0.1, -0.05) is 18.2 Å². The van der Waals surface area contributed by atoms with Gasteiger partial charge >= 0.3 is 0 Å². The van der Waals surface area contributed by atoms with E-state index in [0.717, 1.165) is 12.8 Å². The minimum atomic E-state index is -0.328. The summed E-state index contributed by atoms with van der Waals surface area (Å²) in [5.41, 5.74) is 0.417. The molecule has 3 nitrogen and oxygen atoms in total. The van der Waals surface area contributed by atoms with Crippen molar-refractivity contribution in [3.8, 4) is 0 Å². The topological polar surface area (TPSA) is 40.5 Å². The molecule has 1 aromatic carbocycles. The highest BCUT2D eigenvalue weighted by molar-refractivity contribution is 5.92. The number of rotatable bonds is 2. The van der Waals surface area contributed by atoms with Crippen molar-refractivity contribution in [2.75, 3.05) is 13.1 Å². The molecule has 0 spiro atoms. The van der Waals surface area contributed by atoms with Crippen LogP contribution in [-0.4, -0.2) is 35.1 Å². The molecule has 1 aliphatic heterocycles. The molecular formula is C16H18FNO2. The van der Waals surface area contributed by atoms with Gasteiger partial charge < -0.3 is 10.0 Å². The summed E-state index contributed by atoms with van der Waals surface area (Å²) in [5.74, 6) is 0.219. The van der Waals surface area contributed by atoms with Gasteiger partial charge in [0.1, 0.15) is 5.82 Å². The lowest BCUT2D eigenvalue weighted by molar-refractivity contribution is -0.125. The van der Waals surface area contributed by atoms with E-state index >= 15 is 0 Å². The van der Waals surface area contributed by atoms with Crippen LogP contribution in [0, 0.1) is 17.7 Å². The highest BCUT2D eigenvalue weighted by atomic mass is 19.1. The van der Waals surface area contributed by atoms with Gasteiger partial charge in [0, 0.05) is 30.6 Å². The Morgan fingerprint density at radius 1 is 1.30 bits per heavy atom. The predicted octanol–water partition coefficient (Wildman–Crippen LogP) is 2.07. The summed E-state index contributed by atoms with van der Waals surface area (Å²) in [6.45, 7) is 1.33. The van der Waals surface area contributed by atoms with Gasteiger partial charge in [0.05, 0.1) is 6.10 Å². The SMILES string of the molecule is O=C(/C=C/c1ccccc1F)N1CC2CCC(O)C2C1. The Bertz CT molecular complexity index is 543. The number of carbonyl (C=O) groups excluding carboxylic acids is 1. The number of carbonyl (C=O) groups is 1. The number of aliphatic hydroxyl groups excluding tert-OH is 1. The van der Waals surface area contributed by atoms with Crippen molar-refractivity contribution in [2.45, 2.75) is 18.9 Å². The number of halogens is 1. The fourth-order valence-corrected chi connectivity index (χ4v) is 3.29. The first-order valence-corrected chi connectivity index (χ1v) is 7.05. The summed E-state index contributed by atoms with van der Waals surface area (Å²) < 4.78 is 13.4. The zero-order valence-corrected chi connectivity index (χ0v) is 11.2. The summed E-state index contributed by atoms with van der Waals surface area (Å²) in [6.07, 6.45) is 4.51. The summed E-state index contributed by atoms with van der Waals surface area (Å²) in [5, 5.41) is 9.84. The smallest absolute Gasteiger partial charge is 0.246 e. The van der Waals surface area contributed by atoms with Crippen LogP contribution in [0.2, 0.25) is 0 Å². The van der Waals surface area contributed by atoms with Gasteiger partial charge in [0.2, 0.25) is 5.91 Å². The van der Waals surface area contributed by atoms with E-state index in [0.29, 0.717) is 24.6 Å². The number of benzene rings is 1. The van der Waals surface area contributed by atoms with E-state index in [9.17, 15) is 14.3 Å². The van der Waals surface area contributed by atoms with Crippen molar-refractivity contribution in [3.05, 3.63) is 41.7 Å². The molecule has 1 amide bonds. The van der Waals surface area contributed by atoms with E-state index in [1.54, 1.807) is 23.1 Å². The molecule has 0 bridgehead atoms. The van der Waals surface area contributed by atoms with Crippen LogP contribution in [0.3, 0.4) is 0 Å². The van der Waals surface area contributed by atoms with Crippen LogP contribution in [0.25, 0.3) is 6.08 Å². The molecule has 106 valence electrons. The maximum Gasteiger partial charge on any atom is 0.246 e. The zero-order chi connectivity index (χ0) is 14.1. The first-order valence-electron chi connectivity index (χ1n) is 7.05. The Labute approximate surface area is 117 Å². The fraction of sp³-hybridized carbons (Fsp3) is 0.438. The molecular weight excluding hydrogens is 257 g/mol. The summed E-state index contributed by atoms with van der Waals surface area (Å²) in [7, 11) is 0. The molecule has 1 N–H and O–H groups in total. The van der Waals surface area contributed by atoms with Crippen LogP contribution in [0.15, 0.2) is 30.3 Å². The number of hydrogen-bond acceptors (Lipinski definition) is 2. The van der Waals surface area contributed by atoms with Gasteiger partial charge in [-0.05, 0) is 30.9 Å². The highest BCUT2D eigenvalue weighted by Crippen LogP contribution is 2.38. The van der Waals surface area contributed by atoms with Gasteiger partial charge in [-0.2, -0.15) is 0 Å². The molecule has 3 unspecified atom stereocenters. The average molecular weight is 275 g/mol. The second-order valence-corrected chi connectivity index (χ2v) is 5.67. The second kappa shape index (κ2) is 5.37. The third-order valence-corrected chi connectivity index (χ3v) is 4.44. The van der Waals surface area contributed by atoms with E-state index in [1.807, 2.05) is 0 Å². The van der Waals surface area contributed by atoms with Crippen LogP contribution < -0.4 is 0 Å². The van der Waals surface area contributed by atoms with Gasteiger partial charge in [0.25, 0.3) is 0 Å². The molecule has 20 heavy (non-hydrogen) atoms. The molecule has 0 aromatic heterocycles. The number of aliphatic hydroxyl groups is 1. The van der Waals surface area contributed by atoms with Gasteiger partial charge in [0.15, 0.2) is 0 Å². The molecule has 1 heterocycles. The van der Waals surface area contributed by atoms with Crippen LogP contribution >= 0.6 is 0 Å². The number of likely N-dealkylation sites (tertiary alicyclic amines) is 1. The number of nitrogens with zero attached hydrogens (tertiary/aromatic N) is 1. The normalized spacial score (nSPS) is 29.1. The van der Waals surface area contributed by atoms with E-state index in [2.05, 4.69) is 0 Å². The minimum absolute atomic E-state index is 0.102. The third-order valence-electron chi connectivity index (χ3n) is 4.44. The lowest BCUT2D eigenvalue weighted by Gasteiger charge is -2.16. The van der Waals surface area contributed by atoms with E-state index < -0.39 is 0 Å². The second-order valence-electron chi connectivity index (χ2n) is 5.67. The van der Waals surface area contributed by atoms with Crippen molar-refractivity contribution in [1.29, 1.82) is 0 Å². The van der Waals surface area contributed by atoms with Crippen LogP contribution in [0.4, 0.5) is 4.39 Å². The van der Waals surface area contributed by atoms with Gasteiger partial charge in [-0.3, -0.25) is 4.79 Å². The standard InChI is InChI=1S/C16H18FNO2/c17-14-4-2-1-3-11(14)6-8-16(20)18-9-12-5-7-15(19)13(12)10-18/h1-4,6,8,12-13,15,19H,5,7,9-10H2/b8-6+. The molecule has 0 radical (unpaired) electrons. The third kappa shape index (κ3) is 2.48. The Kier molecular flexibility index (Phi) is 3.57. The summed E-state index contributed by atoms with van der Waals surface area (Å²) in [6, 6.07) is 6.38. The lowest BCUT2D eigenvalue weighted by atomic mass is 10.00. The largest absolute Gasteiger partial charge is 0.393 e. The van der Waals surface area contributed by atoms with Crippen molar-refractivity contribution in [1.82, 2.24) is 4.90 Å². The lowest BCUT2D eigenvalue weighted by Crippen LogP contribution is -2.29. The van der Waals surface area contributed by atoms with Crippen molar-refractivity contribution >= 4 is 12.0 Å². The van der Waals surface area contributed by atoms with Gasteiger partial charge in [-0.25, -0.2) is 4.39 Å². The fourth-order valence-electron chi connectivity index (χ4n) is 3.29. The van der Waals surface area contributed by atoms with Crippen molar-refractivity contribution in [3.63, 3.8) is 0 Å². The number of fused-ring (bicyclic) bond motifs is 1. The molecule has 1 saturated heterocycles. The number of amides is 1. The number of hydrogen-bond donors (Lipinski definition) is 1. The zero-order valence-electron chi connectivity index (χ0n) is 11.2. The summed E-state index contributed by atoms with van der Waals surface area (Å²) in [4.78, 5) is 13.9. The van der Waals surface area contributed by atoms with E-state index in [-0.39, 0.29) is 23.7 Å². The quantitative estimate of drug-likeness (QED) is 0.839. The van der Waals surface area contributed by atoms with E-state index in [4.69, 9.17) is 0 Å². The molecule has 1 saturated carbocycles. The Hall–Kier alpha value is -1.68. The molecule has 1 aromatic rings. The first-order chi connectivity index (χ1) is 9.65. The van der Waals surface area contributed by atoms with Crippen LogP contribution in [-0.2, 0) is 4.79 Å². The van der Waals surface area contributed by atoms with Crippen molar-refractivity contribution < 1.29 is 14.3 Å². The Morgan fingerprint density at radius 2 is 2.10 bits per heavy atom. The molecule has 2 aliphatic rings. The Morgan fingerprint density at radius 3 is 2.85 bits per heavy atom. The highest BCUT2D eigenvalue weighted by Gasteiger charge is 2.42. The summed E-state index contributed by atoms with van der Waals surface area (Å²) >= 11 is 0. The maximum atomic E-state index is 13.4. The molecule has 3 rings (SSSR count). The van der Waals surface area contributed by atoms with Gasteiger partial charge in [-0.15, -0.1) is 0 Å². The molecule has 1 aliphatic carbocycles. The monoisotopic (exact) mass is 275 g/mol. The van der Waals surface area contributed by atoms with Crippen LogP contribution in [0.1, 0.15) is 18.4 Å². The maximum absolute atomic E-state index is 13.4. The molecule has 2 fully saturated rings. The molecule has 4 heteroatoms. The predicted molar refractivity (Wildman–Crippen MR) is 74.2 cm³/mol. The first kappa shape index (κ1) is 13.3. The minimum Gasteiger partial charge on any atom is -0.393 e. The van der Waals surface area contributed by atoms with E-state index in [1.165, 1.54) is 18.2 Å². The van der Waals surface area contributed by atoms with Crippen LogP contribution in [0.5, 0.6) is 0 Å². The van der Waals surface area contributed by atoms with Crippen molar-refractivity contribution in [2.24, 2.45) is 11.8 Å². The Balaban J connectivity index is 1.65. The average Bonchev–Trinajstić information content (AvgIpc) is 3.00.